The Hall–Kier alpha value is -1.75. The molecule has 2 aliphatic heterocycles. The molecule has 1 aromatic rings. The fraction of sp³-hybridized carbons (Fsp3) is 0.500. The van der Waals surface area contributed by atoms with E-state index in [1.807, 2.05) is 13.1 Å². The Balaban J connectivity index is 1.90. The first-order valence-corrected chi connectivity index (χ1v) is 6.46. The molecule has 0 radical (unpaired) electrons. The summed E-state index contributed by atoms with van der Waals surface area (Å²) in [7, 11) is 2.03. The summed E-state index contributed by atoms with van der Waals surface area (Å²) in [5.41, 5.74) is 0.803. The van der Waals surface area contributed by atoms with Crippen molar-refractivity contribution in [2.24, 2.45) is 5.92 Å². The maximum Gasteiger partial charge on any atom is 0.311 e. The van der Waals surface area contributed by atoms with E-state index in [2.05, 4.69) is 4.90 Å². The summed E-state index contributed by atoms with van der Waals surface area (Å²) in [6.07, 6.45) is 0.919. The number of nitrogens with zero attached hydrogens (tertiary/aromatic N) is 1. The Morgan fingerprint density at radius 2 is 2.21 bits per heavy atom. The zero-order chi connectivity index (χ0) is 13.4. The third-order valence-corrected chi connectivity index (χ3v) is 3.92. The Morgan fingerprint density at radius 3 is 2.89 bits per heavy atom. The van der Waals surface area contributed by atoms with E-state index in [0.29, 0.717) is 11.5 Å². The molecule has 2 heterocycles. The molecule has 5 heteroatoms. The second-order valence-corrected chi connectivity index (χ2v) is 5.24. The Bertz CT molecular complexity index is 502. The van der Waals surface area contributed by atoms with Crippen molar-refractivity contribution >= 4 is 5.97 Å². The van der Waals surface area contributed by atoms with Gasteiger partial charge in [-0.25, -0.2) is 0 Å². The van der Waals surface area contributed by atoms with Crippen LogP contribution in [0.2, 0.25) is 0 Å². The van der Waals surface area contributed by atoms with Gasteiger partial charge >= 0.3 is 5.97 Å². The van der Waals surface area contributed by atoms with Gasteiger partial charge in [0, 0.05) is 6.54 Å². The first-order chi connectivity index (χ1) is 9.15. The SMILES string of the molecule is CN1CCC(C(C(=O)O)c2ccc3c(c2)OCO3)C1. The van der Waals surface area contributed by atoms with Gasteiger partial charge in [-0.15, -0.1) is 0 Å². The standard InChI is InChI=1S/C14H17NO4/c1-15-5-4-10(7-15)13(14(16)17)9-2-3-11-12(6-9)19-8-18-11/h2-3,6,10,13H,4-5,7-8H2,1H3,(H,16,17). The molecule has 1 saturated heterocycles. The average molecular weight is 263 g/mol. The van der Waals surface area contributed by atoms with Gasteiger partial charge < -0.3 is 19.5 Å². The lowest BCUT2D eigenvalue weighted by atomic mass is 9.85. The topological polar surface area (TPSA) is 59.0 Å². The van der Waals surface area contributed by atoms with Crippen LogP contribution >= 0.6 is 0 Å². The highest BCUT2D eigenvalue weighted by atomic mass is 16.7. The van der Waals surface area contributed by atoms with Crippen molar-refractivity contribution in [3.05, 3.63) is 23.8 Å². The number of carboxylic acid groups (broad SMARTS) is 1. The highest BCUT2D eigenvalue weighted by molar-refractivity contribution is 5.77. The molecule has 2 atom stereocenters. The third kappa shape index (κ3) is 2.26. The van der Waals surface area contributed by atoms with Crippen LogP contribution in [0, 0.1) is 5.92 Å². The average Bonchev–Trinajstić information content (AvgIpc) is 2.97. The minimum absolute atomic E-state index is 0.155. The van der Waals surface area contributed by atoms with Gasteiger partial charge in [0.15, 0.2) is 11.5 Å². The minimum Gasteiger partial charge on any atom is -0.481 e. The number of carboxylic acids is 1. The van der Waals surface area contributed by atoms with Crippen molar-refractivity contribution in [2.45, 2.75) is 12.3 Å². The van der Waals surface area contributed by atoms with Gasteiger partial charge in [-0.1, -0.05) is 6.07 Å². The quantitative estimate of drug-likeness (QED) is 0.896. The van der Waals surface area contributed by atoms with E-state index in [-0.39, 0.29) is 12.7 Å². The molecule has 0 aliphatic carbocycles. The molecule has 2 aliphatic rings. The third-order valence-electron chi connectivity index (χ3n) is 3.92. The van der Waals surface area contributed by atoms with Gasteiger partial charge in [-0.05, 0) is 43.6 Å². The highest BCUT2D eigenvalue weighted by Gasteiger charge is 2.34. The van der Waals surface area contributed by atoms with Crippen LogP contribution in [0.1, 0.15) is 17.9 Å². The molecule has 1 N–H and O–H groups in total. The second-order valence-electron chi connectivity index (χ2n) is 5.24. The lowest BCUT2D eigenvalue weighted by Gasteiger charge is -2.20. The Labute approximate surface area is 111 Å². The normalized spacial score (nSPS) is 23.5. The molecule has 5 nitrogen and oxygen atoms in total. The molecule has 0 amide bonds. The maximum atomic E-state index is 11.6. The van der Waals surface area contributed by atoms with Gasteiger partial charge in [0.05, 0.1) is 5.92 Å². The minimum atomic E-state index is -0.765. The van der Waals surface area contributed by atoms with E-state index in [1.54, 1.807) is 12.1 Å². The number of carbonyl (C=O) groups is 1. The van der Waals surface area contributed by atoms with E-state index in [9.17, 15) is 9.90 Å². The lowest BCUT2D eigenvalue weighted by molar-refractivity contribution is -0.140. The van der Waals surface area contributed by atoms with Crippen LogP contribution in [0.3, 0.4) is 0 Å². The molecular weight excluding hydrogens is 246 g/mol. The van der Waals surface area contributed by atoms with Crippen LogP contribution in [0.5, 0.6) is 11.5 Å². The second kappa shape index (κ2) is 4.74. The van der Waals surface area contributed by atoms with Crippen LogP contribution in [0.4, 0.5) is 0 Å². The summed E-state index contributed by atoms with van der Waals surface area (Å²) >= 11 is 0. The summed E-state index contributed by atoms with van der Waals surface area (Å²) < 4.78 is 10.6. The van der Waals surface area contributed by atoms with Crippen molar-refractivity contribution in [1.29, 1.82) is 0 Å². The smallest absolute Gasteiger partial charge is 0.311 e. The van der Waals surface area contributed by atoms with Crippen molar-refractivity contribution in [2.75, 3.05) is 26.9 Å². The van der Waals surface area contributed by atoms with Crippen molar-refractivity contribution in [3.8, 4) is 11.5 Å². The number of rotatable bonds is 3. The number of hydrogen-bond donors (Lipinski definition) is 1. The van der Waals surface area contributed by atoms with Gasteiger partial charge in [0.1, 0.15) is 0 Å². The van der Waals surface area contributed by atoms with Gasteiger partial charge in [-0.3, -0.25) is 4.79 Å². The number of ether oxygens (including phenoxy) is 2. The molecule has 2 unspecified atom stereocenters. The van der Waals surface area contributed by atoms with Gasteiger partial charge in [-0.2, -0.15) is 0 Å². The zero-order valence-electron chi connectivity index (χ0n) is 10.8. The molecule has 19 heavy (non-hydrogen) atoms. The zero-order valence-corrected chi connectivity index (χ0v) is 10.8. The Morgan fingerprint density at radius 1 is 1.42 bits per heavy atom. The molecule has 0 saturated carbocycles. The number of fused-ring (bicyclic) bond motifs is 1. The number of aliphatic carboxylic acids is 1. The number of benzene rings is 1. The predicted octanol–water partition coefficient (Wildman–Crippen LogP) is 1.54. The van der Waals surface area contributed by atoms with Crippen LogP contribution in [-0.4, -0.2) is 42.9 Å². The first-order valence-electron chi connectivity index (χ1n) is 6.46. The van der Waals surface area contributed by atoms with Crippen molar-refractivity contribution in [3.63, 3.8) is 0 Å². The van der Waals surface area contributed by atoms with Crippen molar-refractivity contribution in [1.82, 2.24) is 4.90 Å². The molecule has 1 fully saturated rings. The van der Waals surface area contributed by atoms with E-state index in [4.69, 9.17) is 9.47 Å². The fourth-order valence-corrected chi connectivity index (χ4v) is 2.96. The number of likely N-dealkylation sites (tertiary alicyclic amines) is 1. The molecule has 3 rings (SSSR count). The fourth-order valence-electron chi connectivity index (χ4n) is 2.96. The van der Waals surface area contributed by atoms with Crippen LogP contribution in [-0.2, 0) is 4.79 Å². The van der Waals surface area contributed by atoms with Crippen LogP contribution in [0.15, 0.2) is 18.2 Å². The molecule has 0 spiro atoms. The molecule has 0 aromatic heterocycles. The largest absolute Gasteiger partial charge is 0.481 e. The summed E-state index contributed by atoms with van der Waals surface area (Å²) in [5.74, 6) is 0.257. The van der Waals surface area contributed by atoms with Gasteiger partial charge in [0.2, 0.25) is 6.79 Å². The van der Waals surface area contributed by atoms with Crippen LogP contribution < -0.4 is 9.47 Å². The van der Waals surface area contributed by atoms with Gasteiger partial charge in [0.25, 0.3) is 0 Å². The van der Waals surface area contributed by atoms with E-state index < -0.39 is 11.9 Å². The lowest BCUT2D eigenvalue weighted by Crippen LogP contribution is -2.24. The molecular formula is C14H17NO4. The number of hydrogen-bond acceptors (Lipinski definition) is 4. The molecule has 0 bridgehead atoms. The molecule has 1 aromatic carbocycles. The maximum absolute atomic E-state index is 11.6. The summed E-state index contributed by atoms with van der Waals surface area (Å²) in [6.45, 7) is 1.99. The molecule has 102 valence electrons. The van der Waals surface area contributed by atoms with Crippen LogP contribution in [0.25, 0.3) is 0 Å². The highest BCUT2D eigenvalue weighted by Crippen LogP contribution is 2.38. The van der Waals surface area contributed by atoms with E-state index in [1.165, 1.54) is 0 Å². The predicted molar refractivity (Wildman–Crippen MR) is 68.5 cm³/mol. The Kier molecular flexibility index (Phi) is 3.06. The monoisotopic (exact) mass is 263 g/mol. The van der Waals surface area contributed by atoms with E-state index in [0.717, 1.165) is 25.1 Å². The summed E-state index contributed by atoms with van der Waals surface area (Å²) in [4.78, 5) is 13.8. The first kappa shape index (κ1) is 12.3. The summed E-state index contributed by atoms with van der Waals surface area (Å²) in [5, 5.41) is 9.53. The van der Waals surface area contributed by atoms with Crippen molar-refractivity contribution < 1.29 is 19.4 Å². The van der Waals surface area contributed by atoms with E-state index >= 15 is 0 Å². The summed E-state index contributed by atoms with van der Waals surface area (Å²) in [6, 6.07) is 5.44.